The minimum absolute atomic E-state index is 0.0265. The molecule has 0 aliphatic heterocycles. The number of hydrogen-bond donors (Lipinski definition) is 2. The molecular weight excluding hydrogens is 346 g/mol. The first-order valence-electron chi connectivity index (χ1n) is 6.58. The number of hydrogen-bond acceptors (Lipinski definition) is 5. The predicted molar refractivity (Wildman–Crippen MR) is 85.9 cm³/mol. The first-order chi connectivity index (χ1) is 11.0. The van der Waals surface area contributed by atoms with Crippen molar-refractivity contribution in [2.45, 2.75) is 6.92 Å². The number of nitrogens with zero attached hydrogens (tertiary/aromatic N) is 2. The highest BCUT2D eigenvalue weighted by Gasteiger charge is 2.13. The van der Waals surface area contributed by atoms with E-state index >= 15 is 0 Å². The van der Waals surface area contributed by atoms with Crippen molar-refractivity contribution >= 4 is 40.6 Å². The highest BCUT2D eigenvalue weighted by molar-refractivity contribution is 6.33. The van der Waals surface area contributed by atoms with Gasteiger partial charge in [-0.3, -0.25) is 4.79 Å². The summed E-state index contributed by atoms with van der Waals surface area (Å²) in [6, 6.07) is 4.35. The molecule has 0 aliphatic rings. The van der Waals surface area contributed by atoms with Gasteiger partial charge in [0.15, 0.2) is 11.6 Å². The van der Waals surface area contributed by atoms with Crippen LogP contribution in [0, 0.1) is 5.82 Å². The fraction of sp³-hybridized carbons (Fsp3) is 0.214. The van der Waals surface area contributed by atoms with Crippen LogP contribution in [-0.2, 0) is 4.79 Å². The van der Waals surface area contributed by atoms with Gasteiger partial charge in [0.05, 0.1) is 12.7 Å². The quantitative estimate of drug-likeness (QED) is 0.612. The number of amides is 1. The Bertz CT molecular complexity index is 715. The van der Waals surface area contributed by atoms with E-state index in [0.717, 1.165) is 0 Å². The van der Waals surface area contributed by atoms with Gasteiger partial charge in [-0.15, -0.1) is 0 Å². The van der Waals surface area contributed by atoms with Crippen molar-refractivity contribution in [3.8, 4) is 5.75 Å². The minimum Gasteiger partial charge on any atom is -0.489 e. The molecule has 0 fully saturated rings. The summed E-state index contributed by atoms with van der Waals surface area (Å²) >= 11 is 11.7. The summed E-state index contributed by atoms with van der Waals surface area (Å²) in [6.07, 6.45) is 1.30. The molecule has 23 heavy (non-hydrogen) atoms. The number of anilines is 2. The molecule has 2 rings (SSSR count). The Balaban J connectivity index is 2.17. The van der Waals surface area contributed by atoms with Gasteiger partial charge >= 0.3 is 0 Å². The zero-order chi connectivity index (χ0) is 16.8. The molecule has 9 heteroatoms. The zero-order valence-corrected chi connectivity index (χ0v) is 13.6. The van der Waals surface area contributed by atoms with Crippen molar-refractivity contribution in [2.75, 3.05) is 18.5 Å². The van der Waals surface area contributed by atoms with Gasteiger partial charge in [-0.25, -0.2) is 9.37 Å². The smallest absolute Gasteiger partial charge is 0.224 e. The molecule has 1 aromatic carbocycles. The first kappa shape index (κ1) is 17.2. The van der Waals surface area contributed by atoms with Crippen molar-refractivity contribution in [3.63, 3.8) is 0 Å². The molecule has 122 valence electrons. The second-order valence-corrected chi connectivity index (χ2v) is 5.15. The number of halogens is 3. The van der Waals surface area contributed by atoms with Crippen LogP contribution in [0.3, 0.4) is 0 Å². The van der Waals surface area contributed by atoms with Crippen LogP contribution in [0.15, 0.2) is 24.4 Å². The van der Waals surface area contributed by atoms with Gasteiger partial charge < -0.3 is 15.4 Å². The predicted octanol–water partition coefficient (Wildman–Crippen LogP) is 3.18. The molecule has 2 N–H and O–H groups in total. The summed E-state index contributed by atoms with van der Waals surface area (Å²) in [5.74, 6) is -0.314. The van der Waals surface area contributed by atoms with E-state index in [9.17, 15) is 9.18 Å². The topological polar surface area (TPSA) is 76.1 Å². The molecule has 2 aromatic rings. The number of nitrogens with one attached hydrogen (secondary N) is 2. The van der Waals surface area contributed by atoms with Gasteiger partial charge in [0.2, 0.25) is 11.2 Å². The van der Waals surface area contributed by atoms with Crippen molar-refractivity contribution in [3.05, 3.63) is 40.5 Å². The van der Waals surface area contributed by atoms with E-state index < -0.39 is 5.82 Å². The Morgan fingerprint density at radius 3 is 2.91 bits per heavy atom. The zero-order valence-electron chi connectivity index (χ0n) is 12.1. The summed E-state index contributed by atoms with van der Waals surface area (Å²) in [4.78, 5) is 18.4. The molecule has 0 radical (unpaired) electrons. The van der Waals surface area contributed by atoms with E-state index in [-0.39, 0.29) is 40.1 Å². The summed E-state index contributed by atoms with van der Waals surface area (Å²) in [5, 5.41) is 5.48. The molecule has 1 heterocycles. The van der Waals surface area contributed by atoms with Gasteiger partial charge in [0, 0.05) is 6.92 Å². The summed E-state index contributed by atoms with van der Waals surface area (Å²) in [5.41, 5.74) is 0.0620. The second-order valence-electron chi connectivity index (χ2n) is 4.40. The minimum atomic E-state index is -0.548. The Morgan fingerprint density at radius 1 is 1.39 bits per heavy atom. The average Bonchev–Trinajstić information content (AvgIpc) is 2.50. The lowest BCUT2D eigenvalue weighted by atomic mass is 10.2. The number of para-hydroxylation sites is 1. The van der Waals surface area contributed by atoms with Gasteiger partial charge in [0.1, 0.15) is 23.1 Å². The molecule has 0 atom stereocenters. The van der Waals surface area contributed by atoms with Crippen molar-refractivity contribution in [1.29, 1.82) is 0 Å². The van der Waals surface area contributed by atoms with Crippen molar-refractivity contribution in [2.24, 2.45) is 0 Å². The van der Waals surface area contributed by atoms with E-state index in [1.54, 1.807) is 6.07 Å². The molecular formula is C14H13Cl2FN4O2. The molecule has 1 aromatic heterocycles. The standard InChI is InChI=1S/C14H13Cl2FN4O2/c1-8(22)18-5-6-23-11-4-2-3-10(17)12(11)20-13-9(15)7-19-14(16)21-13/h2-4,7H,5-6H2,1H3,(H,18,22)(H,19,20,21). The normalized spacial score (nSPS) is 10.3. The molecule has 0 saturated carbocycles. The summed E-state index contributed by atoms with van der Waals surface area (Å²) in [7, 11) is 0. The SMILES string of the molecule is CC(=O)NCCOc1cccc(F)c1Nc1nc(Cl)ncc1Cl. The maximum absolute atomic E-state index is 14.1. The second kappa shape index (κ2) is 7.94. The van der Waals surface area contributed by atoms with Crippen LogP contribution in [-0.4, -0.2) is 29.0 Å². The van der Waals surface area contributed by atoms with Gasteiger partial charge in [-0.1, -0.05) is 17.7 Å². The average molecular weight is 359 g/mol. The molecule has 0 unspecified atom stereocenters. The number of rotatable bonds is 6. The van der Waals surface area contributed by atoms with E-state index in [0.29, 0.717) is 6.54 Å². The molecule has 0 aliphatic carbocycles. The van der Waals surface area contributed by atoms with Crippen LogP contribution in [0.4, 0.5) is 15.9 Å². The van der Waals surface area contributed by atoms with E-state index in [2.05, 4.69) is 20.6 Å². The van der Waals surface area contributed by atoms with Gasteiger partial charge in [-0.2, -0.15) is 4.98 Å². The largest absolute Gasteiger partial charge is 0.489 e. The van der Waals surface area contributed by atoms with Crippen molar-refractivity contribution in [1.82, 2.24) is 15.3 Å². The van der Waals surface area contributed by atoms with Crippen molar-refractivity contribution < 1.29 is 13.9 Å². The van der Waals surface area contributed by atoms with Crippen LogP contribution in [0.25, 0.3) is 0 Å². The first-order valence-corrected chi connectivity index (χ1v) is 7.34. The lowest BCUT2D eigenvalue weighted by Gasteiger charge is -2.14. The van der Waals surface area contributed by atoms with E-state index in [4.69, 9.17) is 27.9 Å². The Morgan fingerprint density at radius 2 is 2.17 bits per heavy atom. The van der Waals surface area contributed by atoms with Crippen LogP contribution in [0.5, 0.6) is 5.75 Å². The molecule has 0 saturated heterocycles. The number of benzene rings is 1. The third kappa shape index (κ3) is 4.94. The summed E-state index contributed by atoms with van der Waals surface area (Å²) in [6.45, 7) is 1.87. The highest BCUT2D eigenvalue weighted by atomic mass is 35.5. The van der Waals surface area contributed by atoms with Crippen LogP contribution in [0.1, 0.15) is 6.92 Å². The molecule has 0 bridgehead atoms. The third-order valence-electron chi connectivity index (χ3n) is 2.67. The molecule has 6 nitrogen and oxygen atoms in total. The van der Waals surface area contributed by atoms with Crippen LogP contribution < -0.4 is 15.4 Å². The fourth-order valence-corrected chi connectivity index (χ4v) is 1.96. The lowest BCUT2D eigenvalue weighted by molar-refractivity contribution is -0.119. The van der Waals surface area contributed by atoms with E-state index in [1.165, 1.54) is 25.3 Å². The Hall–Kier alpha value is -2.12. The number of carbonyl (C=O) groups excluding carboxylic acids is 1. The maximum atomic E-state index is 14.1. The number of aromatic nitrogens is 2. The van der Waals surface area contributed by atoms with Gasteiger partial charge in [-0.05, 0) is 23.7 Å². The monoisotopic (exact) mass is 358 g/mol. The van der Waals surface area contributed by atoms with E-state index in [1.807, 2.05) is 0 Å². The molecule has 1 amide bonds. The number of carbonyl (C=O) groups is 1. The third-order valence-corrected chi connectivity index (χ3v) is 3.13. The number of ether oxygens (including phenoxy) is 1. The van der Waals surface area contributed by atoms with Crippen LogP contribution in [0.2, 0.25) is 10.3 Å². The Kier molecular flexibility index (Phi) is 5.95. The lowest BCUT2D eigenvalue weighted by Crippen LogP contribution is -2.25. The maximum Gasteiger partial charge on any atom is 0.224 e. The fourth-order valence-electron chi connectivity index (χ4n) is 1.69. The van der Waals surface area contributed by atoms with Crippen LogP contribution >= 0.6 is 23.2 Å². The van der Waals surface area contributed by atoms with Gasteiger partial charge in [0.25, 0.3) is 0 Å². The summed E-state index contributed by atoms with van der Waals surface area (Å²) < 4.78 is 19.5. The molecule has 0 spiro atoms. The highest BCUT2D eigenvalue weighted by Crippen LogP contribution is 2.32. The Labute approximate surface area is 142 Å².